The number of para-hydroxylation sites is 2. The number of halogens is 2. The molecule has 1 aliphatic carbocycles. The highest BCUT2D eigenvalue weighted by atomic mass is 35.5. The predicted octanol–water partition coefficient (Wildman–Crippen LogP) is 6.72. The number of amides is 2. The molecule has 0 atom stereocenters. The van der Waals surface area contributed by atoms with Crippen LogP contribution in [0.15, 0.2) is 94.7 Å². The van der Waals surface area contributed by atoms with Crippen LogP contribution in [0.1, 0.15) is 122 Å². The molecule has 9 nitrogen and oxygen atoms in total. The lowest BCUT2D eigenvalue weighted by atomic mass is 9.81. The molecule has 0 spiro atoms. The van der Waals surface area contributed by atoms with Gasteiger partial charge in [0.05, 0.1) is 5.41 Å². The summed E-state index contributed by atoms with van der Waals surface area (Å²) in [6.07, 6.45) is 16.9. The van der Waals surface area contributed by atoms with Crippen molar-refractivity contribution in [2.45, 2.75) is 122 Å². The minimum atomic E-state index is -0.742. The number of fused-ring (bicyclic) bond motifs is 2. The van der Waals surface area contributed by atoms with Crippen LogP contribution in [0.25, 0.3) is 0 Å². The van der Waals surface area contributed by atoms with Gasteiger partial charge in [-0.3, -0.25) is 14.4 Å². The van der Waals surface area contributed by atoms with Gasteiger partial charge in [-0.2, -0.15) is 4.58 Å². The number of anilines is 1. The zero-order valence-electron chi connectivity index (χ0n) is 33.6. The predicted molar refractivity (Wildman–Crippen MR) is 220 cm³/mol. The SMILES string of the molecule is CC1(C)C(/C=C/C2=C(Cl)C(=C/C=C3/N(CCCCCC(=O)ON4C(=O)CCC4=O)c4ccccc4C3(C)C)/CCC2)=[N+](CCCCCC(=O)O)c2ccccc21.[Cl-]. The topological polar surface area (TPSA) is 107 Å². The van der Waals surface area contributed by atoms with Crippen molar-refractivity contribution in [1.82, 2.24) is 5.06 Å². The zero-order valence-corrected chi connectivity index (χ0v) is 35.1. The molecule has 2 aromatic rings. The molecule has 0 saturated carbocycles. The van der Waals surface area contributed by atoms with E-state index in [9.17, 15) is 19.2 Å². The highest BCUT2D eigenvalue weighted by Gasteiger charge is 2.44. The van der Waals surface area contributed by atoms with Gasteiger partial charge in [0.25, 0.3) is 11.8 Å². The highest BCUT2D eigenvalue weighted by molar-refractivity contribution is 6.32. The third-order valence-electron chi connectivity index (χ3n) is 11.7. The molecule has 6 rings (SSSR count). The van der Waals surface area contributed by atoms with Gasteiger partial charge in [0.1, 0.15) is 6.54 Å². The number of aliphatic carboxylic acids is 1. The first kappa shape index (κ1) is 43.6. The molecule has 3 aliphatic heterocycles. The highest BCUT2D eigenvalue weighted by Crippen LogP contribution is 2.48. The maximum absolute atomic E-state index is 12.3. The van der Waals surface area contributed by atoms with E-state index in [0.717, 1.165) is 74.2 Å². The largest absolute Gasteiger partial charge is 1.00 e. The monoisotopic (exact) mass is 815 g/mol. The number of unbranched alkanes of at least 4 members (excludes halogenated alkanes) is 4. The van der Waals surface area contributed by atoms with Crippen molar-refractivity contribution in [3.63, 3.8) is 0 Å². The number of rotatable bonds is 16. The fourth-order valence-electron chi connectivity index (χ4n) is 8.58. The number of imide groups is 1. The third kappa shape index (κ3) is 9.64. The molecule has 57 heavy (non-hydrogen) atoms. The molecule has 1 N–H and O–H groups in total. The summed E-state index contributed by atoms with van der Waals surface area (Å²) in [5, 5.41) is 10.5. The lowest BCUT2D eigenvalue weighted by molar-refractivity contribution is -0.438. The Morgan fingerprint density at radius 3 is 2.21 bits per heavy atom. The Labute approximate surface area is 348 Å². The molecule has 3 heterocycles. The number of hydroxylamine groups is 2. The molecule has 0 unspecified atom stereocenters. The maximum atomic E-state index is 12.3. The van der Waals surface area contributed by atoms with Gasteiger partial charge in [0.2, 0.25) is 5.69 Å². The van der Waals surface area contributed by atoms with E-state index in [2.05, 4.69) is 110 Å². The molecule has 0 aromatic heterocycles. The zero-order chi connectivity index (χ0) is 40.0. The van der Waals surface area contributed by atoms with Crippen molar-refractivity contribution in [3.05, 3.63) is 106 Å². The summed E-state index contributed by atoms with van der Waals surface area (Å²) in [5.74, 6) is -2.23. The number of carboxylic acids is 1. The fraction of sp³-hybridized carbons (Fsp3) is 0.457. The molecule has 2 amide bonds. The summed E-state index contributed by atoms with van der Waals surface area (Å²) in [7, 11) is 0. The molecule has 0 bridgehead atoms. The number of benzene rings is 2. The van der Waals surface area contributed by atoms with E-state index < -0.39 is 23.8 Å². The summed E-state index contributed by atoms with van der Waals surface area (Å²) >= 11 is 7.24. The second kappa shape index (κ2) is 18.9. The Hall–Kier alpha value is -4.47. The van der Waals surface area contributed by atoms with Crippen LogP contribution in [0.4, 0.5) is 11.4 Å². The Morgan fingerprint density at radius 2 is 1.47 bits per heavy atom. The Bertz CT molecular complexity index is 2030. The first-order chi connectivity index (χ1) is 26.8. The van der Waals surface area contributed by atoms with Crippen LogP contribution in [0.3, 0.4) is 0 Å². The van der Waals surface area contributed by atoms with Crippen molar-refractivity contribution in [3.8, 4) is 0 Å². The van der Waals surface area contributed by atoms with Gasteiger partial charge >= 0.3 is 11.9 Å². The Balaban J connectivity index is 0.00000620. The van der Waals surface area contributed by atoms with E-state index in [1.54, 1.807) is 0 Å². The molecule has 1 saturated heterocycles. The van der Waals surface area contributed by atoms with Crippen molar-refractivity contribution >= 4 is 52.4 Å². The number of hydrogen-bond donors (Lipinski definition) is 1. The van der Waals surface area contributed by atoms with Gasteiger partial charge in [-0.25, -0.2) is 4.79 Å². The Morgan fingerprint density at radius 1 is 0.807 bits per heavy atom. The molecule has 4 aliphatic rings. The Kier molecular flexibility index (Phi) is 14.4. The molecular weight excluding hydrogens is 761 g/mol. The third-order valence-corrected chi connectivity index (χ3v) is 12.2. The summed E-state index contributed by atoms with van der Waals surface area (Å²) in [4.78, 5) is 54.4. The molecular formula is C46H55Cl2N3O6. The van der Waals surface area contributed by atoms with Gasteiger partial charge < -0.3 is 27.3 Å². The minimum Gasteiger partial charge on any atom is -1.00 e. The van der Waals surface area contributed by atoms with Gasteiger partial charge in [0.15, 0.2) is 5.71 Å². The number of carbonyl (C=O) groups excluding carboxylic acids is 3. The van der Waals surface area contributed by atoms with Crippen LogP contribution < -0.4 is 17.3 Å². The van der Waals surface area contributed by atoms with Crippen molar-refractivity contribution < 1.29 is 46.1 Å². The quantitative estimate of drug-likeness (QED) is 0.114. The number of carboxylic acid groups (broad SMARTS) is 1. The van der Waals surface area contributed by atoms with Crippen molar-refractivity contribution in [2.75, 3.05) is 18.0 Å². The molecule has 11 heteroatoms. The van der Waals surface area contributed by atoms with Gasteiger partial charge in [-0.05, 0) is 87.6 Å². The van der Waals surface area contributed by atoms with Crippen LogP contribution >= 0.6 is 11.6 Å². The van der Waals surface area contributed by atoms with E-state index in [1.807, 2.05) is 0 Å². The van der Waals surface area contributed by atoms with E-state index in [-0.39, 0.29) is 48.9 Å². The van der Waals surface area contributed by atoms with E-state index in [4.69, 9.17) is 21.5 Å². The smallest absolute Gasteiger partial charge is 0.333 e. The first-order valence-electron chi connectivity index (χ1n) is 20.2. The van der Waals surface area contributed by atoms with Crippen LogP contribution in [0, 0.1) is 0 Å². The van der Waals surface area contributed by atoms with Crippen LogP contribution in [-0.2, 0) is 34.8 Å². The van der Waals surface area contributed by atoms with Crippen LogP contribution in [0.5, 0.6) is 0 Å². The average molecular weight is 817 g/mol. The van der Waals surface area contributed by atoms with E-state index >= 15 is 0 Å². The fourth-order valence-corrected chi connectivity index (χ4v) is 8.89. The molecule has 0 radical (unpaired) electrons. The molecule has 1 fully saturated rings. The number of nitrogens with zero attached hydrogens (tertiary/aromatic N) is 3. The van der Waals surface area contributed by atoms with Crippen LogP contribution in [0.2, 0.25) is 0 Å². The first-order valence-corrected chi connectivity index (χ1v) is 20.6. The normalized spacial score (nSPS) is 19.9. The van der Waals surface area contributed by atoms with E-state index in [1.165, 1.54) is 33.9 Å². The van der Waals surface area contributed by atoms with Crippen molar-refractivity contribution in [1.29, 1.82) is 0 Å². The standard InChI is InChI=1S/C46H54ClN3O6.ClH/c1-45(2)34-18-9-11-20-36(34)48(30-13-5-7-22-42(53)54)38(45)26-24-32-16-15-17-33(44(32)47)25-27-39-46(3,4)35-19-10-12-21-37(35)49(39)31-14-6-8-23-43(55)56-50-40(51)28-29-41(50)52;/h9-12,18-21,24-27H,5-8,13-17,22-23,28-31H2,1-4H3;1H. The number of allylic oxidation sites excluding steroid dienone is 8. The second-order valence-corrected chi connectivity index (χ2v) is 16.7. The number of carbonyl (C=O) groups is 4. The maximum Gasteiger partial charge on any atom is 0.333 e. The lowest BCUT2D eigenvalue weighted by Crippen LogP contribution is -3.00. The number of hydrogen-bond acceptors (Lipinski definition) is 6. The summed E-state index contributed by atoms with van der Waals surface area (Å²) in [6.45, 7) is 10.7. The van der Waals surface area contributed by atoms with Crippen molar-refractivity contribution in [2.24, 2.45) is 0 Å². The van der Waals surface area contributed by atoms with E-state index in [0.29, 0.717) is 17.9 Å². The van der Waals surface area contributed by atoms with Crippen LogP contribution in [-0.4, -0.2) is 57.3 Å². The lowest BCUT2D eigenvalue weighted by Gasteiger charge is -2.27. The van der Waals surface area contributed by atoms with Gasteiger partial charge in [0, 0.05) is 78.2 Å². The molecule has 304 valence electrons. The second-order valence-electron chi connectivity index (χ2n) is 16.3. The average Bonchev–Trinajstić information content (AvgIpc) is 3.68. The summed E-state index contributed by atoms with van der Waals surface area (Å²) in [5.41, 5.74) is 9.22. The summed E-state index contributed by atoms with van der Waals surface area (Å²) in [6, 6.07) is 17.1. The minimum absolute atomic E-state index is 0. The van der Waals surface area contributed by atoms with Gasteiger partial charge in [-0.15, -0.1) is 5.06 Å². The molecule has 2 aromatic carbocycles. The summed E-state index contributed by atoms with van der Waals surface area (Å²) < 4.78 is 2.41. The van der Waals surface area contributed by atoms with Gasteiger partial charge in [-0.1, -0.05) is 80.4 Å².